The van der Waals surface area contributed by atoms with E-state index in [2.05, 4.69) is 13.8 Å². The maximum atomic E-state index is 11.2. The lowest BCUT2D eigenvalue weighted by Crippen LogP contribution is -2.18. The van der Waals surface area contributed by atoms with Crippen LogP contribution in [0.15, 0.2) is 12.1 Å². The molecule has 2 aromatic rings. The summed E-state index contributed by atoms with van der Waals surface area (Å²) in [6.07, 6.45) is 1.49. The van der Waals surface area contributed by atoms with E-state index in [9.17, 15) is 10.2 Å². The fourth-order valence-electron chi connectivity index (χ4n) is 4.07. The molecule has 152 valence electrons. The Morgan fingerprint density at radius 3 is 1.75 bits per heavy atom. The predicted molar refractivity (Wildman–Crippen MR) is 107 cm³/mol. The zero-order chi connectivity index (χ0) is 20.6. The first-order chi connectivity index (χ1) is 13.4. The van der Waals surface area contributed by atoms with Crippen LogP contribution in [0.2, 0.25) is 0 Å². The second kappa shape index (κ2) is 7.70. The van der Waals surface area contributed by atoms with Gasteiger partial charge in [-0.25, -0.2) is 0 Å². The molecule has 2 atom stereocenters. The van der Waals surface area contributed by atoms with E-state index in [1.165, 1.54) is 21.3 Å². The first-order valence-corrected chi connectivity index (χ1v) is 9.31. The third-order valence-electron chi connectivity index (χ3n) is 5.74. The Hall–Kier alpha value is -2.76. The van der Waals surface area contributed by atoms with Gasteiger partial charge in [0.05, 0.1) is 28.4 Å². The van der Waals surface area contributed by atoms with Crippen LogP contribution in [0, 0.1) is 11.8 Å². The molecule has 0 bridgehead atoms. The standard InChI is InChI=1S/C22H28O6/c1-11-7-13-9-15(23)20(26-4)22(28-6)18(13)17-14(8-12(11)2)10-16(25-3)21(27-5)19(17)24/h9-12,23-24H,7-8H2,1-6H3. The third kappa shape index (κ3) is 3.07. The highest BCUT2D eigenvalue weighted by atomic mass is 16.5. The van der Waals surface area contributed by atoms with Crippen molar-refractivity contribution in [1.82, 2.24) is 0 Å². The van der Waals surface area contributed by atoms with Crippen LogP contribution in [0.3, 0.4) is 0 Å². The molecule has 3 rings (SSSR count). The highest BCUT2D eigenvalue weighted by Gasteiger charge is 2.32. The molecular weight excluding hydrogens is 360 g/mol. The second-order valence-corrected chi connectivity index (χ2v) is 7.35. The van der Waals surface area contributed by atoms with Crippen LogP contribution in [0.1, 0.15) is 25.0 Å². The lowest BCUT2D eigenvalue weighted by Gasteiger charge is -2.29. The van der Waals surface area contributed by atoms with E-state index in [1.807, 2.05) is 6.07 Å². The molecule has 2 unspecified atom stereocenters. The Morgan fingerprint density at radius 1 is 0.714 bits per heavy atom. The van der Waals surface area contributed by atoms with Gasteiger partial charge in [0, 0.05) is 11.1 Å². The van der Waals surface area contributed by atoms with Crippen LogP contribution in [-0.4, -0.2) is 38.7 Å². The highest BCUT2D eigenvalue weighted by molar-refractivity contribution is 5.88. The Morgan fingerprint density at radius 2 is 1.25 bits per heavy atom. The van der Waals surface area contributed by atoms with Gasteiger partial charge in [0.25, 0.3) is 0 Å². The maximum Gasteiger partial charge on any atom is 0.203 e. The van der Waals surface area contributed by atoms with Gasteiger partial charge in [-0.05, 0) is 47.9 Å². The average molecular weight is 388 g/mol. The number of rotatable bonds is 4. The van der Waals surface area contributed by atoms with Crippen LogP contribution < -0.4 is 18.9 Å². The van der Waals surface area contributed by atoms with E-state index < -0.39 is 0 Å². The molecule has 0 aliphatic heterocycles. The van der Waals surface area contributed by atoms with E-state index in [0.29, 0.717) is 34.5 Å². The van der Waals surface area contributed by atoms with Crippen molar-refractivity contribution >= 4 is 0 Å². The molecule has 0 aromatic heterocycles. The fourth-order valence-corrected chi connectivity index (χ4v) is 4.07. The van der Waals surface area contributed by atoms with Gasteiger partial charge < -0.3 is 29.2 Å². The van der Waals surface area contributed by atoms with Crippen LogP contribution in [0.4, 0.5) is 0 Å². The van der Waals surface area contributed by atoms with Crippen molar-refractivity contribution in [2.45, 2.75) is 26.7 Å². The summed E-state index contributed by atoms with van der Waals surface area (Å²) in [5.41, 5.74) is 3.16. The molecule has 2 N–H and O–H groups in total. The van der Waals surface area contributed by atoms with Gasteiger partial charge in [0.15, 0.2) is 23.0 Å². The largest absolute Gasteiger partial charge is 0.504 e. The summed E-state index contributed by atoms with van der Waals surface area (Å²) >= 11 is 0. The number of phenols is 2. The molecule has 1 aliphatic carbocycles. The number of hydrogen-bond acceptors (Lipinski definition) is 6. The van der Waals surface area contributed by atoms with Crippen LogP contribution in [0.5, 0.6) is 34.5 Å². The van der Waals surface area contributed by atoms with Crippen molar-refractivity contribution in [3.8, 4) is 45.6 Å². The Kier molecular flexibility index (Phi) is 5.49. The Labute approximate surface area is 165 Å². The summed E-state index contributed by atoms with van der Waals surface area (Å²) < 4.78 is 21.9. The number of benzene rings is 2. The quantitative estimate of drug-likeness (QED) is 0.819. The molecule has 28 heavy (non-hydrogen) atoms. The first kappa shape index (κ1) is 20.0. The van der Waals surface area contributed by atoms with E-state index >= 15 is 0 Å². The molecule has 0 amide bonds. The molecule has 6 heteroatoms. The molecule has 0 fully saturated rings. The number of methoxy groups -OCH3 is 4. The number of aromatic hydroxyl groups is 2. The summed E-state index contributed by atoms with van der Waals surface area (Å²) in [7, 11) is 6.05. The first-order valence-electron chi connectivity index (χ1n) is 9.31. The lowest BCUT2D eigenvalue weighted by molar-refractivity contribution is 0.326. The van der Waals surface area contributed by atoms with Gasteiger partial charge in [0.2, 0.25) is 11.5 Å². The summed E-state index contributed by atoms with van der Waals surface area (Å²) in [5, 5.41) is 21.6. The van der Waals surface area contributed by atoms with E-state index in [0.717, 1.165) is 24.0 Å². The molecule has 0 spiro atoms. The monoisotopic (exact) mass is 388 g/mol. The molecule has 6 nitrogen and oxygen atoms in total. The summed E-state index contributed by atoms with van der Waals surface area (Å²) in [4.78, 5) is 0. The number of ether oxygens (including phenoxy) is 4. The van der Waals surface area contributed by atoms with E-state index in [1.54, 1.807) is 13.2 Å². The maximum absolute atomic E-state index is 11.2. The normalized spacial score (nSPS) is 18.4. The summed E-state index contributed by atoms with van der Waals surface area (Å²) in [6.45, 7) is 4.38. The van der Waals surface area contributed by atoms with Crippen LogP contribution >= 0.6 is 0 Å². The second-order valence-electron chi connectivity index (χ2n) is 7.35. The molecule has 0 radical (unpaired) electrons. The molecule has 0 saturated heterocycles. The van der Waals surface area contributed by atoms with Crippen LogP contribution in [0.25, 0.3) is 11.1 Å². The zero-order valence-corrected chi connectivity index (χ0v) is 17.3. The Bertz CT molecular complexity index is 888. The Balaban J connectivity index is 2.47. The van der Waals surface area contributed by atoms with Gasteiger partial charge in [-0.2, -0.15) is 0 Å². The topological polar surface area (TPSA) is 77.4 Å². The SMILES string of the molecule is COc1cc2c(c(O)c1OC)-c1c(cc(O)c(OC)c1OC)CC(C)C(C)C2. The van der Waals surface area contributed by atoms with E-state index in [-0.39, 0.29) is 23.0 Å². The van der Waals surface area contributed by atoms with Gasteiger partial charge >= 0.3 is 0 Å². The van der Waals surface area contributed by atoms with Crippen molar-refractivity contribution in [3.63, 3.8) is 0 Å². The van der Waals surface area contributed by atoms with Crippen molar-refractivity contribution < 1.29 is 29.2 Å². The smallest absolute Gasteiger partial charge is 0.203 e. The van der Waals surface area contributed by atoms with Gasteiger partial charge in [-0.3, -0.25) is 0 Å². The minimum absolute atomic E-state index is 0.00843. The van der Waals surface area contributed by atoms with E-state index in [4.69, 9.17) is 18.9 Å². The van der Waals surface area contributed by atoms with Crippen molar-refractivity contribution in [3.05, 3.63) is 23.3 Å². The molecule has 0 heterocycles. The van der Waals surface area contributed by atoms with Gasteiger partial charge in [-0.1, -0.05) is 13.8 Å². The molecule has 2 aromatic carbocycles. The van der Waals surface area contributed by atoms with Crippen molar-refractivity contribution in [2.24, 2.45) is 11.8 Å². The van der Waals surface area contributed by atoms with Gasteiger partial charge in [-0.15, -0.1) is 0 Å². The van der Waals surface area contributed by atoms with Crippen molar-refractivity contribution in [2.75, 3.05) is 28.4 Å². The third-order valence-corrected chi connectivity index (χ3v) is 5.74. The predicted octanol–water partition coefficient (Wildman–Crippen LogP) is 4.17. The molecule has 0 saturated carbocycles. The highest BCUT2D eigenvalue weighted by Crippen LogP contribution is 2.55. The summed E-state index contributed by atoms with van der Waals surface area (Å²) in [6, 6.07) is 3.61. The number of hydrogen-bond donors (Lipinski definition) is 2. The zero-order valence-electron chi connectivity index (χ0n) is 17.3. The summed E-state index contributed by atoms with van der Waals surface area (Å²) in [5.74, 6) is 2.10. The molecule has 1 aliphatic rings. The minimum Gasteiger partial charge on any atom is -0.504 e. The van der Waals surface area contributed by atoms with Crippen LogP contribution in [-0.2, 0) is 12.8 Å². The molecular formula is C22H28O6. The lowest BCUT2D eigenvalue weighted by atomic mass is 9.77. The van der Waals surface area contributed by atoms with Gasteiger partial charge in [0.1, 0.15) is 0 Å². The average Bonchev–Trinajstić information content (AvgIpc) is 2.67. The van der Waals surface area contributed by atoms with Crippen molar-refractivity contribution in [1.29, 1.82) is 0 Å². The number of phenolic OH excluding ortho intramolecular Hbond substituents is 2. The fraction of sp³-hybridized carbons (Fsp3) is 0.455. The number of fused-ring (bicyclic) bond motifs is 3. The minimum atomic E-state index is -0.00843.